The number of alkyl halides is 3. The third-order valence-electron chi connectivity index (χ3n) is 2.18. The number of hydrogen-bond donors (Lipinski definition) is 2. The fourth-order valence-electron chi connectivity index (χ4n) is 1.28. The van der Waals surface area contributed by atoms with Crippen molar-refractivity contribution >= 4 is 0 Å². The summed E-state index contributed by atoms with van der Waals surface area (Å²) in [4.78, 5) is 0. The first-order valence-electron chi connectivity index (χ1n) is 5.63. The third-order valence-corrected chi connectivity index (χ3v) is 2.18. The normalized spacial score (nSPS) is 14.2. The first-order chi connectivity index (χ1) is 8.29. The molecule has 0 aliphatic carbocycles. The largest absolute Gasteiger partial charge is 0.416 e. The first-order valence-corrected chi connectivity index (χ1v) is 5.63. The molecule has 0 amide bonds. The standard InChI is InChI=1S/C10H17F3N4O/c1-7(2)3-14-4-8-5-17(16-15-8)6-9(18)10(11,12)13/h5,7,9,14,18H,3-4,6H2,1-2H3. The summed E-state index contributed by atoms with van der Waals surface area (Å²) in [7, 11) is 0. The Morgan fingerprint density at radius 2 is 2.11 bits per heavy atom. The minimum atomic E-state index is -4.64. The monoisotopic (exact) mass is 266 g/mol. The summed E-state index contributed by atoms with van der Waals surface area (Å²) in [5.41, 5.74) is 0.546. The highest BCUT2D eigenvalue weighted by atomic mass is 19.4. The van der Waals surface area contributed by atoms with E-state index in [4.69, 9.17) is 5.11 Å². The molecule has 1 unspecified atom stereocenters. The maximum Gasteiger partial charge on any atom is 0.416 e. The Balaban J connectivity index is 2.43. The zero-order chi connectivity index (χ0) is 13.8. The lowest BCUT2D eigenvalue weighted by atomic mass is 10.2. The van der Waals surface area contributed by atoms with Gasteiger partial charge in [-0.2, -0.15) is 13.2 Å². The molecule has 0 aromatic carbocycles. The summed E-state index contributed by atoms with van der Waals surface area (Å²) in [5.74, 6) is 0.479. The molecular weight excluding hydrogens is 249 g/mol. The number of aromatic nitrogens is 3. The van der Waals surface area contributed by atoms with Crippen LogP contribution in [0, 0.1) is 5.92 Å². The second-order valence-corrected chi connectivity index (χ2v) is 4.51. The molecule has 0 aliphatic rings. The van der Waals surface area contributed by atoms with Gasteiger partial charge in [-0.3, -0.25) is 0 Å². The van der Waals surface area contributed by atoms with Crippen LogP contribution in [0.5, 0.6) is 0 Å². The number of rotatable bonds is 6. The van der Waals surface area contributed by atoms with Crippen LogP contribution in [0.25, 0.3) is 0 Å². The molecule has 1 heterocycles. The molecule has 0 radical (unpaired) electrons. The Labute approximate surface area is 103 Å². The molecule has 104 valence electrons. The van der Waals surface area contributed by atoms with Gasteiger partial charge in [0, 0.05) is 12.7 Å². The lowest BCUT2D eigenvalue weighted by Gasteiger charge is -2.13. The van der Waals surface area contributed by atoms with Crippen LogP contribution in [0.15, 0.2) is 6.20 Å². The van der Waals surface area contributed by atoms with Gasteiger partial charge >= 0.3 is 6.18 Å². The van der Waals surface area contributed by atoms with Gasteiger partial charge in [0.2, 0.25) is 0 Å². The van der Waals surface area contributed by atoms with Crippen LogP contribution < -0.4 is 5.32 Å². The van der Waals surface area contributed by atoms with Crippen LogP contribution in [0.3, 0.4) is 0 Å². The van der Waals surface area contributed by atoms with Crippen molar-refractivity contribution in [1.29, 1.82) is 0 Å². The van der Waals surface area contributed by atoms with Gasteiger partial charge in [0.05, 0.1) is 12.2 Å². The third kappa shape index (κ3) is 5.01. The number of aliphatic hydroxyl groups excluding tert-OH is 1. The Morgan fingerprint density at radius 3 is 2.67 bits per heavy atom. The minimum absolute atomic E-state index is 0.445. The quantitative estimate of drug-likeness (QED) is 0.804. The van der Waals surface area contributed by atoms with Crippen molar-refractivity contribution in [2.45, 2.75) is 39.2 Å². The minimum Gasteiger partial charge on any atom is -0.382 e. The zero-order valence-corrected chi connectivity index (χ0v) is 10.3. The van der Waals surface area contributed by atoms with E-state index in [1.54, 1.807) is 0 Å². The zero-order valence-electron chi connectivity index (χ0n) is 10.3. The summed E-state index contributed by atoms with van der Waals surface area (Å²) in [6, 6.07) is 0. The van der Waals surface area contributed by atoms with Crippen LogP contribution in [0.2, 0.25) is 0 Å². The Kier molecular flexibility index (Phi) is 5.09. The van der Waals surface area contributed by atoms with E-state index < -0.39 is 18.8 Å². The molecule has 18 heavy (non-hydrogen) atoms. The lowest BCUT2D eigenvalue weighted by molar-refractivity contribution is -0.208. The van der Waals surface area contributed by atoms with E-state index in [-0.39, 0.29) is 0 Å². The Morgan fingerprint density at radius 1 is 1.44 bits per heavy atom. The number of hydrogen-bond acceptors (Lipinski definition) is 4. The molecule has 1 aromatic heterocycles. The molecule has 1 atom stereocenters. The number of aliphatic hydroxyl groups is 1. The van der Waals surface area contributed by atoms with Gasteiger partial charge in [0.15, 0.2) is 6.10 Å². The van der Waals surface area contributed by atoms with Crippen molar-refractivity contribution < 1.29 is 18.3 Å². The SMILES string of the molecule is CC(C)CNCc1cn(CC(O)C(F)(F)F)nn1. The highest BCUT2D eigenvalue weighted by molar-refractivity contribution is 4.92. The van der Waals surface area contributed by atoms with Crippen molar-refractivity contribution in [3.05, 3.63) is 11.9 Å². The molecule has 0 fully saturated rings. The molecule has 0 saturated carbocycles. The Hall–Kier alpha value is -1.15. The van der Waals surface area contributed by atoms with E-state index >= 15 is 0 Å². The number of halogens is 3. The lowest BCUT2D eigenvalue weighted by Crippen LogP contribution is -2.33. The van der Waals surface area contributed by atoms with E-state index in [0.29, 0.717) is 18.2 Å². The molecule has 0 saturated heterocycles. The van der Waals surface area contributed by atoms with Gasteiger partial charge in [-0.15, -0.1) is 5.10 Å². The van der Waals surface area contributed by atoms with Crippen LogP contribution >= 0.6 is 0 Å². The predicted octanol–water partition coefficient (Wildman–Crippen LogP) is 0.947. The summed E-state index contributed by atoms with van der Waals surface area (Å²) in [6.45, 7) is 4.69. The second kappa shape index (κ2) is 6.14. The number of nitrogens with zero attached hydrogens (tertiary/aromatic N) is 3. The fourth-order valence-corrected chi connectivity index (χ4v) is 1.28. The van der Waals surface area contributed by atoms with Crippen molar-refractivity contribution in [3.8, 4) is 0 Å². The second-order valence-electron chi connectivity index (χ2n) is 4.51. The van der Waals surface area contributed by atoms with Gasteiger partial charge in [-0.25, -0.2) is 4.68 Å². The maximum absolute atomic E-state index is 12.1. The van der Waals surface area contributed by atoms with E-state index in [2.05, 4.69) is 15.6 Å². The summed E-state index contributed by atoms with van der Waals surface area (Å²) < 4.78 is 37.3. The maximum atomic E-state index is 12.1. The van der Waals surface area contributed by atoms with Crippen LogP contribution in [0.4, 0.5) is 13.2 Å². The van der Waals surface area contributed by atoms with Crippen molar-refractivity contribution in [3.63, 3.8) is 0 Å². The van der Waals surface area contributed by atoms with Crippen molar-refractivity contribution in [2.24, 2.45) is 5.92 Å². The summed E-state index contributed by atoms with van der Waals surface area (Å²) in [5, 5.41) is 19.2. The van der Waals surface area contributed by atoms with Gasteiger partial charge < -0.3 is 10.4 Å². The summed E-state index contributed by atoms with van der Waals surface area (Å²) in [6.07, 6.45) is -5.67. The first kappa shape index (κ1) is 14.9. The van der Waals surface area contributed by atoms with Crippen LogP contribution in [-0.2, 0) is 13.1 Å². The van der Waals surface area contributed by atoms with E-state index in [9.17, 15) is 13.2 Å². The topological polar surface area (TPSA) is 63.0 Å². The molecule has 1 aromatic rings. The van der Waals surface area contributed by atoms with Crippen LogP contribution in [0.1, 0.15) is 19.5 Å². The average molecular weight is 266 g/mol. The summed E-state index contributed by atoms with van der Waals surface area (Å²) >= 11 is 0. The molecule has 0 spiro atoms. The van der Waals surface area contributed by atoms with E-state index in [0.717, 1.165) is 11.2 Å². The molecule has 0 bridgehead atoms. The smallest absolute Gasteiger partial charge is 0.382 e. The van der Waals surface area contributed by atoms with Crippen LogP contribution in [-0.4, -0.2) is 38.9 Å². The van der Waals surface area contributed by atoms with Crippen molar-refractivity contribution in [1.82, 2.24) is 20.3 Å². The Bertz CT molecular complexity index is 364. The molecular formula is C10H17F3N4O. The van der Waals surface area contributed by atoms with Gasteiger partial charge in [-0.1, -0.05) is 19.1 Å². The highest BCUT2D eigenvalue weighted by Crippen LogP contribution is 2.20. The average Bonchev–Trinajstić information content (AvgIpc) is 2.63. The molecule has 2 N–H and O–H groups in total. The fraction of sp³-hybridized carbons (Fsp3) is 0.800. The van der Waals surface area contributed by atoms with Crippen molar-refractivity contribution in [2.75, 3.05) is 6.54 Å². The van der Waals surface area contributed by atoms with Gasteiger partial charge in [0.25, 0.3) is 0 Å². The van der Waals surface area contributed by atoms with E-state index in [1.807, 2.05) is 13.8 Å². The molecule has 8 heteroatoms. The van der Waals surface area contributed by atoms with Gasteiger partial charge in [-0.05, 0) is 12.5 Å². The van der Waals surface area contributed by atoms with E-state index in [1.165, 1.54) is 6.20 Å². The number of nitrogens with one attached hydrogen (secondary N) is 1. The molecule has 0 aliphatic heterocycles. The molecule has 1 rings (SSSR count). The molecule has 5 nitrogen and oxygen atoms in total. The van der Waals surface area contributed by atoms with Gasteiger partial charge in [0.1, 0.15) is 0 Å². The highest BCUT2D eigenvalue weighted by Gasteiger charge is 2.38. The predicted molar refractivity (Wildman–Crippen MR) is 58.6 cm³/mol.